The first kappa shape index (κ1) is 19.5. The van der Waals surface area contributed by atoms with Crippen LogP contribution in [0.25, 0.3) is 0 Å². The van der Waals surface area contributed by atoms with Crippen molar-refractivity contribution in [1.82, 2.24) is 10.4 Å². The Morgan fingerprint density at radius 2 is 1.81 bits per heavy atom. The van der Waals surface area contributed by atoms with Gasteiger partial charge in [0.25, 0.3) is 5.91 Å². The van der Waals surface area contributed by atoms with Gasteiger partial charge in [0.15, 0.2) is 6.04 Å². The summed E-state index contributed by atoms with van der Waals surface area (Å²) in [4.78, 5) is 12.7. The third-order valence-electron chi connectivity index (χ3n) is 5.09. The van der Waals surface area contributed by atoms with Crippen LogP contribution in [0.4, 0.5) is 5.69 Å². The number of hydrogen-bond acceptors (Lipinski definition) is 3. The molecule has 1 aromatic carbocycles. The van der Waals surface area contributed by atoms with Crippen LogP contribution < -0.4 is 16.5 Å². The topological polar surface area (TPSA) is 72.0 Å². The number of rotatable bonds is 5. The van der Waals surface area contributed by atoms with Gasteiger partial charge < -0.3 is 11.1 Å². The highest BCUT2D eigenvalue weighted by molar-refractivity contribution is 6.36. The van der Waals surface area contributed by atoms with Crippen LogP contribution in [0.15, 0.2) is 29.5 Å². The van der Waals surface area contributed by atoms with Crippen LogP contribution >= 0.6 is 23.2 Å². The van der Waals surface area contributed by atoms with Gasteiger partial charge in [0.2, 0.25) is 0 Å². The van der Waals surface area contributed by atoms with Gasteiger partial charge in [0.05, 0.1) is 10.7 Å². The van der Waals surface area contributed by atoms with Gasteiger partial charge >= 0.3 is 0 Å². The third kappa shape index (κ3) is 4.92. The number of nitrogens with zero attached hydrogens (tertiary/aromatic N) is 1. The van der Waals surface area contributed by atoms with E-state index in [0.717, 1.165) is 68.6 Å². The largest absolute Gasteiger partial charge is 0.358 e. The van der Waals surface area contributed by atoms with Gasteiger partial charge in [-0.05, 0) is 56.7 Å². The number of amides is 1. The number of allylic oxidation sites excluding steroid dienone is 1. The molecule has 1 amide bonds. The number of benzene rings is 1. The number of hydrogen-bond donors (Lipinski definition) is 3. The summed E-state index contributed by atoms with van der Waals surface area (Å²) >= 11 is 12.3. The zero-order valence-electron chi connectivity index (χ0n) is 15.0. The normalized spacial score (nSPS) is 20.0. The van der Waals surface area contributed by atoms with E-state index < -0.39 is 6.04 Å². The Balaban J connectivity index is 1.73. The summed E-state index contributed by atoms with van der Waals surface area (Å²) in [6.07, 6.45) is 7.46. The van der Waals surface area contributed by atoms with E-state index >= 15 is 0 Å². The van der Waals surface area contributed by atoms with Gasteiger partial charge in [-0.2, -0.15) is 0 Å². The summed E-state index contributed by atoms with van der Waals surface area (Å²) in [5.41, 5.74) is 10.2. The molecule has 26 heavy (non-hydrogen) atoms. The molecule has 0 aromatic heterocycles. The van der Waals surface area contributed by atoms with Crippen molar-refractivity contribution in [3.63, 3.8) is 0 Å². The zero-order valence-corrected chi connectivity index (χ0v) is 16.5. The molecule has 1 heterocycles. The number of nitrogens with one attached hydrogen (secondary N) is 2. The van der Waals surface area contributed by atoms with Crippen molar-refractivity contribution >= 4 is 34.8 Å². The van der Waals surface area contributed by atoms with Crippen molar-refractivity contribution in [1.29, 1.82) is 0 Å². The van der Waals surface area contributed by atoms with Gasteiger partial charge in [-0.1, -0.05) is 29.6 Å². The molecule has 1 fully saturated rings. The van der Waals surface area contributed by atoms with Gasteiger partial charge in [0, 0.05) is 29.4 Å². The molecule has 1 saturated heterocycles. The molecular weight excluding hydrogens is 371 g/mol. The molecule has 5 N–H and O–H groups in total. The summed E-state index contributed by atoms with van der Waals surface area (Å²) in [5, 5.41) is 6.63. The van der Waals surface area contributed by atoms with E-state index in [1.54, 1.807) is 6.07 Å². The van der Waals surface area contributed by atoms with Crippen LogP contribution in [0.5, 0.6) is 0 Å². The number of hydrazine groups is 1. The maximum Gasteiger partial charge on any atom is 0.296 e. The fourth-order valence-electron chi connectivity index (χ4n) is 3.61. The molecule has 0 radical (unpaired) electrons. The minimum absolute atomic E-state index is 0.0229. The first-order valence-corrected chi connectivity index (χ1v) is 10.1. The lowest BCUT2D eigenvalue weighted by molar-refractivity contribution is -0.393. The number of halogens is 2. The average molecular weight is 398 g/mol. The first-order valence-electron chi connectivity index (χ1n) is 9.37. The molecular formula is C19H27Cl2N4O+. The van der Waals surface area contributed by atoms with Gasteiger partial charge in [-0.15, -0.1) is 0 Å². The minimum Gasteiger partial charge on any atom is -0.358 e. The molecule has 142 valence electrons. The van der Waals surface area contributed by atoms with Gasteiger partial charge in [-0.25, -0.2) is 5.01 Å². The second-order valence-electron chi connectivity index (χ2n) is 7.04. The molecule has 7 heteroatoms. The molecule has 0 saturated carbocycles. The fourth-order valence-corrected chi connectivity index (χ4v) is 4.06. The molecule has 1 aliphatic carbocycles. The lowest BCUT2D eigenvalue weighted by Gasteiger charge is -2.29. The summed E-state index contributed by atoms with van der Waals surface area (Å²) < 4.78 is 0. The zero-order chi connectivity index (χ0) is 18.5. The second-order valence-corrected chi connectivity index (χ2v) is 7.88. The maximum absolute atomic E-state index is 12.7. The third-order valence-corrected chi connectivity index (χ3v) is 5.64. The molecule has 3 rings (SSSR count). The van der Waals surface area contributed by atoms with Crippen LogP contribution in [-0.2, 0) is 4.79 Å². The number of carbonyl (C=O) groups excluding carboxylic acids is 1. The van der Waals surface area contributed by atoms with E-state index in [1.807, 2.05) is 17.1 Å². The van der Waals surface area contributed by atoms with E-state index in [9.17, 15) is 4.79 Å². The van der Waals surface area contributed by atoms with E-state index in [1.165, 1.54) is 6.42 Å². The Hall–Kier alpha value is -1.27. The molecule has 1 atom stereocenters. The summed E-state index contributed by atoms with van der Waals surface area (Å²) in [5.74, 6) is -0.0229. The summed E-state index contributed by atoms with van der Waals surface area (Å²) in [7, 11) is 0. The number of quaternary nitrogens is 1. The number of piperidine rings is 1. The van der Waals surface area contributed by atoms with Crippen LogP contribution in [0.3, 0.4) is 0 Å². The van der Waals surface area contributed by atoms with Gasteiger partial charge in [0.1, 0.15) is 0 Å². The average Bonchev–Trinajstić information content (AvgIpc) is 2.64. The van der Waals surface area contributed by atoms with Crippen LogP contribution in [0.2, 0.25) is 10.0 Å². The summed E-state index contributed by atoms with van der Waals surface area (Å²) in [6, 6.07) is 5.00. The second kappa shape index (κ2) is 9.09. The quantitative estimate of drug-likeness (QED) is 0.712. The van der Waals surface area contributed by atoms with Crippen LogP contribution in [-0.4, -0.2) is 30.0 Å². The number of carbonyl (C=O) groups is 1. The Kier molecular flexibility index (Phi) is 6.81. The molecule has 5 nitrogen and oxygen atoms in total. The Morgan fingerprint density at radius 3 is 2.54 bits per heavy atom. The predicted molar refractivity (Wildman–Crippen MR) is 106 cm³/mol. The molecule has 2 aliphatic rings. The fraction of sp³-hybridized carbons (Fsp3) is 0.526. The van der Waals surface area contributed by atoms with E-state index in [4.69, 9.17) is 23.2 Å². The van der Waals surface area contributed by atoms with Crippen LogP contribution in [0, 0.1) is 0 Å². The molecule has 1 unspecified atom stereocenters. The Labute approximate surface area is 164 Å². The lowest BCUT2D eigenvalue weighted by atomic mass is 9.91. The highest BCUT2D eigenvalue weighted by Crippen LogP contribution is 2.31. The molecule has 0 spiro atoms. The lowest BCUT2D eigenvalue weighted by Crippen LogP contribution is -2.70. The molecule has 0 bridgehead atoms. The minimum atomic E-state index is -0.397. The van der Waals surface area contributed by atoms with Crippen molar-refractivity contribution in [3.05, 3.63) is 39.5 Å². The SMILES string of the molecule is [NH3+]C(C(=O)NN1CCCCC1)C1=C(Nc2ccc(Cl)cc2Cl)CCCC1. The van der Waals surface area contributed by atoms with Crippen molar-refractivity contribution < 1.29 is 10.5 Å². The highest BCUT2D eigenvalue weighted by atomic mass is 35.5. The maximum atomic E-state index is 12.7. The van der Waals surface area contributed by atoms with Crippen LogP contribution in [0.1, 0.15) is 44.9 Å². The predicted octanol–water partition coefficient (Wildman–Crippen LogP) is 3.36. The van der Waals surface area contributed by atoms with Crippen molar-refractivity contribution in [2.24, 2.45) is 0 Å². The van der Waals surface area contributed by atoms with E-state index in [2.05, 4.69) is 16.5 Å². The Bertz CT molecular complexity index is 686. The smallest absolute Gasteiger partial charge is 0.296 e. The first-order chi connectivity index (χ1) is 12.5. The van der Waals surface area contributed by atoms with E-state index in [-0.39, 0.29) is 5.91 Å². The van der Waals surface area contributed by atoms with E-state index in [0.29, 0.717) is 10.0 Å². The standard InChI is InChI=1S/C19H26Cl2N4O/c20-13-8-9-17(15(21)12-13)23-16-7-3-2-6-14(16)18(22)19(26)24-25-10-4-1-5-11-25/h8-9,12,18,23H,1-7,10-11,22H2,(H,24,26)/p+1. The molecule has 1 aliphatic heterocycles. The van der Waals surface area contributed by atoms with Crippen molar-refractivity contribution in [2.75, 3.05) is 18.4 Å². The molecule has 1 aromatic rings. The number of anilines is 1. The summed E-state index contributed by atoms with van der Waals surface area (Å²) in [6.45, 7) is 1.84. The highest BCUT2D eigenvalue weighted by Gasteiger charge is 2.29. The van der Waals surface area contributed by atoms with Gasteiger partial charge in [-0.3, -0.25) is 10.2 Å². The Morgan fingerprint density at radius 1 is 1.08 bits per heavy atom. The van der Waals surface area contributed by atoms with Crippen molar-refractivity contribution in [3.8, 4) is 0 Å². The monoisotopic (exact) mass is 397 g/mol. The van der Waals surface area contributed by atoms with Crippen molar-refractivity contribution in [2.45, 2.75) is 51.0 Å².